The first kappa shape index (κ1) is 8.74. The van der Waals surface area contributed by atoms with Gasteiger partial charge in [0.2, 0.25) is 0 Å². The van der Waals surface area contributed by atoms with Gasteiger partial charge in [-0.2, -0.15) is 5.10 Å². The molecular formula is C8H7ClN2O. The molecule has 1 aromatic heterocycles. The number of H-pyrrole nitrogens is 1. The third-order valence-electron chi connectivity index (χ3n) is 1.51. The van der Waals surface area contributed by atoms with Gasteiger partial charge in [-0.15, -0.1) is 12.4 Å². The number of aromatic amines is 1. The number of hydrogen-bond donors (Lipinski definition) is 1. The Morgan fingerprint density at radius 2 is 2.00 bits per heavy atom. The number of aromatic nitrogens is 2. The van der Waals surface area contributed by atoms with Crippen molar-refractivity contribution < 1.29 is 0 Å². The summed E-state index contributed by atoms with van der Waals surface area (Å²) in [5.41, 5.74) is 0.649. The number of benzene rings is 1. The molecule has 1 heterocycles. The Morgan fingerprint density at radius 1 is 1.25 bits per heavy atom. The lowest BCUT2D eigenvalue weighted by atomic mass is 10.2. The Hall–Kier alpha value is -1.35. The summed E-state index contributed by atoms with van der Waals surface area (Å²) in [6, 6.07) is 9.00. The van der Waals surface area contributed by atoms with Crippen molar-refractivity contribution in [3.8, 4) is 0 Å². The van der Waals surface area contributed by atoms with E-state index in [-0.39, 0.29) is 18.0 Å². The fourth-order valence-corrected chi connectivity index (χ4v) is 1.00. The number of para-hydroxylation sites is 1. The summed E-state index contributed by atoms with van der Waals surface area (Å²) in [5.74, 6) is 0. The summed E-state index contributed by atoms with van der Waals surface area (Å²) >= 11 is 0. The van der Waals surface area contributed by atoms with Gasteiger partial charge in [0.1, 0.15) is 0 Å². The monoisotopic (exact) mass is 182 g/mol. The maximum Gasteiger partial charge on any atom is 0.264 e. The molecule has 0 fully saturated rings. The predicted molar refractivity (Wildman–Crippen MR) is 49.6 cm³/mol. The van der Waals surface area contributed by atoms with Crippen molar-refractivity contribution in [3.63, 3.8) is 0 Å². The average Bonchev–Trinajstić information content (AvgIpc) is 2.04. The number of halogens is 1. The minimum Gasteiger partial charge on any atom is -0.268 e. The molecule has 0 saturated heterocycles. The van der Waals surface area contributed by atoms with Crippen LogP contribution >= 0.6 is 12.4 Å². The summed E-state index contributed by atoms with van der Waals surface area (Å²) in [4.78, 5) is 10.8. The maximum absolute atomic E-state index is 10.8. The van der Waals surface area contributed by atoms with Crippen molar-refractivity contribution in [2.24, 2.45) is 0 Å². The molecule has 0 aliphatic carbocycles. The van der Waals surface area contributed by atoms with E-state index in [4.69, 9.17) is 0 Å². The highest BCUT2D eigenvalue weighted by atomic mass is 35.5. The average molecular weight is 183 g/mol. The van der Waals surface area contributed by atoms with Gasteiger partial charge in [0.15, 0.2) is 0 Å². The zero-order chi connectivity index (χ0) is 7.68. The number of nitrogens with one attached hydrogen (secondary N) is 1. The van der Waals surface area contributed by atoms with Crippen LogP contribution in [0.15, 0.2) is 35.1 Å². The fraction of sp³-hybridized carbons (Fsp3) is 0. The van der Waals surface area contributed by atoms with Crippen LogP contribution in [0.5, 0.6) is 0 Å². The van der Waals surface area contributed by atoms with E-state index < -0.39 is 0 Å². The van der Waals surface area contributed by atoms with Crippen molar-refractivity contribution in [2.45, 2.75) is 0 Å². The summed E-state index contributed by atoms with van der Waals surface area (Å²) < 4.78 is 0. The van der Waals surface area contributed by atoms with E-state index in [0.29, 0.717) is 0 Å². The Balaban J connectivity index is 0.000000720. The highest BCUT2D eigenvalue weighted by Crippen LogP contribution is 2.04. The molecule has 0 unspecified atom stereocenters. The molecule has 2 rings (SSSR count). The van der Waals surface area contributed by atoms with Crippen molar-refractivity contribution in [2.75, 3.05) is 0 Å². The van der Waals surface area contributed by atoms with Gasteiger partial charge in [-0.25, -0.2) is 5.10 Å². The third kappa shape index (κ3) is 1.46. The molecular weight excluding hydrogens is 176 g/mol. The standard InChI is InChI=1S/C8H6N2O.ClH/c11-8-5-6-3-1-2-4-7(6)9-10-8;/h1-5H,(H,10,11);1H. The first-order chi connectivity index (χ1) is 5.36. The van der Waals surface area contributed by atoms with E-state index in [1.54, 1.807) is 0 Å². The Kier molecular flexibility index (Phi) is 2.45. The molecule has 62 valence electrons. The highest BCUT2D eigenvalue weighted by molar-refractivity contribution is 5.85. The number of nitrogens with zero attached hydrogens (tertiary/aromatic N) is 1. The fourth-order valence-electron chi connectivity index (χ4n) is 1.00. The Labute approximate surface area is 74.8 Å². The molecule has 0 amide bonds. The normalized spacial score (nSPS) is 9.33. The van der Waals surface area contributed by atoms with Crippen molar-refractivity contribution in [1.82, 2.24) is 10.2 Å². The van der Waals surface area contributed by atoms with Crippen LogP contribution in [0.3, 0.4) is 0 Å². The molecule has 0 bridgehead atoms. The maximum atomic E-state index is 10.8. The van der Waals surface area contributed by atoms with Crippen LogP contribution in [0, 0.1) is 0 Å². The van der Waals surface area contributed by atoms with Crippen molar-refractivity contribution in [3.05, 3.63) is 40.7 Å². The SMILES string of the molecule is Cl.O=c1cc2ccccc2n[nH]1. The lowest BCUT2D eigenvalue weighted by Gasteiger charge is -1.91. The van der Waals surface area contributed by atoms with E-state index in [2.05, 4.69) is 10.2 Å². The summed E-state index contributed by atoms with van der Waals surface area (Å²) in [5, 5.41) is 7.08. The second-order valence-corrected chi connectivity index (χ2v) is 2.29. The summed E-state index contributed by atoms with van der Waals surface area (Å²) in [6.45, 7) is 0. The number of rotatable bonds is 0. The van der Waals surface area contributed by atoms with Gasteiger partial charge in [-0.3, -0.25) is 4.79 Å². The van der Waals surface area contributed by atoms with E-state index in [0.717, 1.165) is 10.9 Å². The second-order valence-electron chi connectivity index (χ2n) is 2.29. The minimum atomic E-state index is -0.163. The number of hydrogen-bond acceptors (Lipinski definition) is 2. The van der Waals surface area contributed by atoms with Crippen LogP contribution < -0.4 is 5.56 Å². The van der Waals surface area contributed by atoms with Gasteiger partial charge in [0.25, 0.3) is 5.56 Å². The van der Waals surface area contributed by atoms with Gasteiger partial charge >= 0.3 is 0 Å². The van der Waals surface area contributed by atoms with Gasteiger partial charge < -0.3 is 0 Å². The second kappa shape index (κ2) is 3.36. The van der Waals surface area contributed by atoms with Crippen molar-refractivity contribution in [1.29, 1.82) is 0 Å². The molecule has 0 aliphatic rings. The van der Waals surface area contributed by atoms with Gasteiger partial charge in [-0.1, -0.05) is 18.2 Å². The zero-order valence-corrected chi connectivity index (χ0v) is 6.97. The van der Waals surface area contributed by atoms with Crippen LogP contribution in [-0.2, 0) is 0 Å². The third-order valence-corrected chi connectivity index (χ3v) is 1.51. The van der Waals surface area contributed by atoms with Crippen LogP contribution in [0.4, 0.5) is 0 Å². The first-order valence-electron chi connectivity index (χ1n) is 3.31. The lowest BCUT2D eigenvalue weighted by molar-refractivity contribution is 1.03. The summed E-state index contributed by atoms with van der Waals surface area (Å²) in [6.07, 6.45) is 0. The van der Waals surface area contributed by atoms with Crippen LogP contribution in [0.2, 0.25) is 0 Å². The van der Waals surface area contributed by atoms with E-state index in [9.17, 15) is 4.79 Å². The van der Waals surface area contributed by atoms with Crippen LogP contribution in [0.25, 0.3) is 10.9 Å². The lowest BCUT2D eigenvalue weighted by Crippen LogP contribution is -2.04. The van der Waals surface area contributed by atoms with Gasteiger partial charge in [-0.05, 0) is 6.07 Å². The molecule has 0 atom stereocenters. The minimum absolute atomic E-state index is 0. The predicted octanol–water partition coefficient (Wildman–Crippen LogP) is 1.34. The Morgan fingerprint density at radius 3 is 2.83 bits per heavy atom. The smallest absolute Gasteiger partial charge is 0.264 e. The van der Waals surface area contributed by atoms with Crippen molar-refractivity contribution >= 4 is 23.3 Å². The molecule has 0 spiro atoms. The molecule has 0 radical (unpaired) electrons. The molecule has 4 heteroatoms. The zero-order valence-electron chi connectivity index (χ0n) is 6.15. The molecule has 1 N–H and O–H groups in total. The topological polar surface area (TPSA) is 45.8 Å². The van der Waals surface area contributed by atoms with Gasteiger partial charge in [0.05, 0.1) is 5.52 Å². The molecule has 3 nitrogen and oxygen atoms in total. The van der Waals surface area contributed by atoms with E-state index in [1.165, 1.54) is 6.07 Å². The molecule has 0 saturated carbocycles. The number of fused-ring (bicyclic) bond motifs is 1. The molecule has 2 aromatic rings. The first-order valence-corrected chi connectivity index (χ1v) is 3.31. The highest BCUT2D eigenvalue weighted by Gasteiger charge is 1.91. The summed E-state index contributed by atoms with van der Waals surface area (Å²) in [7, 11) is 0. The van der Waals surface area contributed by atoms with E-state index >= 15 is 0 Å². The quantitative estimate of drug-likeness (QED) is 0.669. The molecule has 1 aromatic carbocycles. The van der Waals surface area contributed by atoms with Gasteiger partial charge in [0, 0.05) is 11.5 Å². The van der Waals surface area contributed by atoms with E-state index in [1.807, 2.05) is 24.3 Å². The largest absolute Gasteiger partial charge is 0.268 e. The molecule has 12 heavy (non-hydrogen) atoms. The Bertz CT molecular complexity index is 438. The van der Waals surface area contributed by atoms with Crippen LogP contribution in [0.1, 0.15) is 0 Å². The molecule has 0 aliphatic heterocycles. The van der Waals surface area contributed by atoms with Crippen LogP contribution in [-0.4, -0.2) is 10.2 Å².